The van der Waals surface area contributed by atoms with Gasteiger partial charge in [-0.1, -0.05) is 12.8 Å². The predicted octanol–water partition coefficient (Wildman–Crippen LogP) is 1.70. The van der Waals surface area contributed by atoms with Gasteiger partial charge in [-0.3, -0.25) is 4.79 Å². The Morgan fingerprint density at radius 2 is 2.27 bits per heavy atom. The van der Waals surface area contributed by atoms with Crippen molar-refractivity contribution in [1.82, 2.24) is 9.55 Å². The predicted molar refractivity (Wildman–Crippen MR) is 55.8 cm³/mol. The van der Waals surface area contributed by atoms with Crippen LogP contribution in [0.2, 0.25) is 0 Å². The van der Waals surface area contributed by atoms with E-state index in [1.165, 1.54) is 25.7 Å². The van der Waals surface area contributed by atoms with E-state index in [2.05, 4.69) is 4.98 Å². The van der Waals surface area contributed by atoms with Crippen LogP contribution < -0.4 is 0 Å². The van der Waals surface area contributed by atoms with Crippen molar-refractivity contribution in [3.8, 4) is 0 Å². The molecule has 0 radical (unpaired) electrons. The lowest BCUT2D eigenvalue weighted by Gasteiger charge is -2.02. The lowest BCUT2D eigenvalue weighted by Crippen LogP contribution is -2.06. The molecule has 15 heavy (non-hydrogen) atoms. The summed E-state index contributed by atoms with van der Waals surface area (Å²) in [5.74, 6) is 0.393. The molecule has 1 aliphatic carbocycles. The van der Waals surface area contributed by atoms with Gasteiger partial charge < -0.3 is 9.67 Å². The Kier molecular flexibility index (Phi) is 2.75. The van der Waals surface area contributed by atoms with Crippen molar-refractivity contribution in [2.45, 2.75) is 38.0 Å². The highest BCUT2D eigenvalue weighted by atomic mass is 16.4. The molecule has 1 aromatic rings. The highest BCUT2D eigenvalue weighted by molar-refractivity contribution is 5.69. The van der Waals surface area contributed by atoms with Gasteiger partial charge in [0.15, 0.2) is 0 Å². The maximum Gasteiger partial charge on any atom is 0.311 e. The third kappa shape index (κ3) is 2.19. The summed E-state index contributed by atoms with van der Waals surface area (Å²) in [6.07, 6.45) is 6.94. The van der Waals surface area contributed by atoms with Crippen molar-refractivity contribution < 1.29 is 9.90 Å². The number of aryl methyl sites for hydroxylation is 1. The van der Waals surface area contributed by atoms with Crippen LogP contribution in [0, 0.1) is 0 Å². The first-order chi connectivity index (χ1) is 7.16. The molecule has 0 saturated heterocycles. The number of hydrogen-bond donors (Lipinski definition) is 1. The monoisotopic (exact) mass is 208 g/mol. The Labute approximate surface area is 88.9 Å². The molecule has 82 valence electrons. The molecule has 0 atom stereocenters. The number of carboxylic acids is 1. The van der Waals surface area contributed by atoms with Crippen LogP contribution >= 0.6 is 0 Å². The Morgan fingerprint density at radius 1 is 1.60 bits per heavy atom. The van der Waals surface area contributed by atoms with Crippen molar-refractivity contribution in [2.75, 3.05) is 0 Å². The van der Waals surface area contributed by atoms with Crippen molar-refractivity contribution in [2.24, 2.45) is 7.05 Å². The molecule has 0 aromatic carbocycles. The summed E-state index contributed by atoms with van der Waals surface area (Å²) < 4.78 is 1.84. The summed E-state index contributed by atoms with van der Waals surface area (Å²) in [5, 5.41) is 8.71. The van der Waals surface area contributed by atoms with E-state index in [9.17, 15) is 4.79 Å². The van der Waals surface area contributed by atoms with E-state index in [1.54, 1.807) is 0 Å². The fourth-order valence-electron chi connectivity index (χ4n) is 2.25. The lowest BCUT2D eigenvalue weighted by atomic mass is 10.1. The zero-order valence-corrected chi connectivity index (χ0v) is 8.94. The molecule has 1 aliphatic rings. The number of carbonyl (C=O) groups is 1. The van der Waals surface area contributed by atoms with E-state index in [0.29, 0.717) is 11.7 Å². The van der Waals surface area contributed by atoms with Gasteiger partial charge in [-0.15, -0.1) is 0 Å². The highest BCUT2D eigenvalue weighted by Crippen LogP contribution is 2.33. The normalized spacial score (nSPS) is 17.1. The van der Waals surface area contributed by atoms with Gasteiger partial charge in [-0.25, -0.2) is 4.98 Å². The summed E-state index contributed by atoms with van der Waals surface area (Å²) in [4.78, 5) is 15.0. The summed E-state index contributed by atoms with van der Waals surface area (Å²) in [7, 11) is 1.86. The van der Waals surface area contributed by atoms with Crippen LogP contribution in [0.4, 0.5) is 0 Å². The number of hydrogen-bond acceptors (Lipinski definition) is 2. The van der Waals surface area contributed by atoms with Crippen molar-refractivity contribution in [3.05, 3.63) is 17.7 Å². The Hall–Kier alpha value is -1.32. The molecule has 0 bridgehead atoms. The molecule has 1 saturated carbocycles. The van der Waals surface area contributed by atoms with Crippen LogP contribution in [0.1, 0.15) is 43.1 Å². The molecule has 4 nitrogen and oxygen atoms in total. The smallest absolute Gasteiger partial charge is 0.311 e. The lowest BCUT2D eigenvalue weighted by molar-refractivity contribution is -0.136. The maximum absolute atomic E-state index is 10.6. The Balaban J connectivity index is 2.16. The fourth-order valence-corrected chi connectivity index (χ4v) is 2.25. The van der Waals surface area contributed by atoms with Crippen molar-refractivity contribution in [3.63, 3.8) is 0 Å². The van der Waals surface area contributed by atoms with Gasteiger partial charge in [-0.05, 0) is 12.8 Å². The van der Waals surface area contributed by atoms with Gasteiger partial charge in [0.05, 0.1) is 5.69 Å². The molecule has 4 heteroatoms. The number of aliphatic carboxylic acids is 1. The minimum Gasteiger partial charge on any atom is -0.481 e. The van der Waals surface area contributed by atoms with Crippen LogP contribution in [0.15, 0.2) is 6.20 Å². The van der Waals surface area contributed by atoms with Crippen molar-refractivity contribution >= 4 is 5.97 Å². The van der Waals surface area contributed by atoms with E-state index >= 15 is 0 Å². The first-order valence-corrected chi connectivity index (χ1v) is 5.40. The minimum atomic E-state index is -0.818. The molecule has 1 fully saturated rings. The van der Waals surface area contributed by atoms with Gasteiger partial charge in [-0.2, -0.15) is 0 Å². The quantitative estimate of drug-likeness (QED) is 0.822. The summed E-state index contributed by atoms with van der Waals surface area (Å²) in [5.41, 5.74) is 1.08. The standard InChI is InChI=1S/C11H16N2O2/c1-13-7-9(8-4-2-3-5-8)12-10(13)6-11(14)15/h7-8H,2-6H2,1H3,(H,14,15). The molecule has 0 amide bonds. The molecule has 2 rings (SSSR count). The second kappa shape index (κ2) is 4.04. The number of nitrogens with zero attached hydrogens (tertiary/aromatic N) is 2. The molecule has 1 aromatic heterocycles. The zero-order valence-electron chi connectivity index (χ0n) is 8.94. The van der Waals surface area contributed by atoms with Gasteiger partial charge >= 0.3 is 5.97 Å². The fraction of sp³-hybridized carbons (Fsp3) is 0.636. The minimum absolute atomic E-state index is 0.0171. The second-order valence-electron chi connectivity index (χ2n) is 4.24. The van der Waals surface area contributed by atoms with Crippen molar-refractivity contribution in [1.29, 1.82) is 0 Å². The topological polar surface area (TPSA) is 55.1 Å². The van der Waals surface area contributed by atoms with Crippen LogP contribution in [-0.4, -0.2) is 20.6 Å². The van der Waals surface area contributed by atoms with E-state index in [1.807, 2.05) is 17.8 Å². The van der Waals surface area contributed by atoms with Gasteiger partial charge in [0.25, 0.3) is 0 Å². The molecule has 0 unspecified atom stereocenters. The largest absolute Gasteiger partial charge is 0.481 e. The summed E-state index contributed by atoms with van der Waals surface area (Å²) in [6.45, 7) is 0. The molecule has 0 aliphatic heterocycles. The van der Waals surface area contributed by atoms with Crippen LogP contribution in [0.3, 0.4) is 0 Å². The maximum atomic E-state index is 10.6. The molecular formula is C11H16N2O2. The number of carboxylic acid groups (broad SMARTS) is 1. The van der Waals surface area contributed by atoms with E-state index in [0.717, 1.165) is 5.69 Å². The van der Waals surface area contributed by atoms with Crippen LogP contribution in [0.25, 0.3) is 0 Å². The van der Waals surface area contributed by atoms with E-state index in [4.69, 9.17) is 5.11 Å². The Bertz CT molecular complexity index is 365. The third-order valence-corrected chi connectivity index (χ3v) is 3.07. The average Bonchev–Trinajstić information content (AvgIpc) is 2.75. The molecule has 1 heterocycles. The number of rotatable bonds is 3. The third-order valence-electron chi connectivity index (χ3n) is 3.07. The van der Waals surface area contributed by atoms with Gasteiger partial charge in [0.2, 0.25) is 0 Å². The molecule has 0 spiro atoms. The highest BCUT2D eigenvalue weighted by Gasteiger charge is 2.20. The second-order valence-corrected chi connectivity index (χ2v) is 4.24. The number of aromatic nitrogens is 2. The average molecular weight is 208 g/mol. The summed E-state index contributed by atoms with van der Waals surface area (Å²) >= 11 is 0. The zero-order chi connectivity index (χ0) is 10.8. The van der Waals surface area contributed by atoms with Gasteiger partial charge in [0.1, 0.15) is 12.2 Å². The number of imidazole rings is 1. The van der Waals surface area contributed by atoms with Crippen LogP contribution in [0.5, 0.6) is 0 Å². The molecule has 1 N–H and O–H groups in total. The van der Waals surface area contributed by atoms with Crippen LogP contribution in [-0.2, 0) is 18.3 Å². The first kappa shape index (κ1) is 10.2. The SMILES string of the molecule is Cn1cc(C2CCCC2)nc1CC(=O)O. The van der Waals surface area contributed by atoms with Gasteiger partial charge in [0, 0.05) is 19.2 Å². The molecular weight excluding hydrogens is 192 g/mol. The van der Waals surface area contributed by atoms with E-state index in [-0.39, 0.29) is 6.42 Å². The first-order valence-electron chi connectivity index (χ1n) is 5.40. The Morgan fingerprint density at radius 3 is 2.87 bits per heavy atom. The summed E-state index contributed by atoms with van der Waals surface area (Å²) in [6, 6.07) is 0. The van der Waals surface area contributed by atoms with E-state index < -0.39 is 5.97 Å².